The van der Waals surface area contributed by atoms with Gasteiger partial charge in [0, 0.05) is 15.8 Å². The van der Waals surface area contributed by atoms with Gasteiger partial charge in [0.05, 0.1) is 5.88 Å². The number of thiol groups is 1. The molecule has 0 saturated carbocycles. The molecule has 70 valence electrons. The molecule has 1 nitrogen and oxygen atoms in total. The Balaban J connectivity index is 2.87. The summed E-state index contributed by atoms with van der Waals surface area (Å²) in [6, 6.07) is 5.62. The Morgan fingerprint density at radius 1 is 1.54 bits per heavy atom. The fourth-order valence-corrected chi connectivity index (χ4v) is 1.68. The van der Waals surface area contributed by atoms with Crippen LogP contribution >= 0.6 is 40.2 Å². The highest BCUT2D eigenvalue weighted by molar-refractivity contribution is 9.10. The van der Waals surface area contributed by atoms with Crippen molar-refractivity contribution in [2.24, 2.45) is 0 Å². The predicted molar refractivity (Wildman–Crippen MR) is 60.8 cm³/mol. The minimum Gasteiger partial charge on any atom is -0.298 e. The summed E-state index contributed by atoms with van der Waals surface area (Å²) in [4.78, 5) is 11.9. The Hall–Kier alpha value is 0.01000. The largest absolute Gasteiger partial charge is 0.298 e. The summed E-state index contributed by atoms with van der Waals surface area (Å²) in [5.74, 6) is 0.0646. The van der Waals surface area contributed by atoms with E-state index in [1.807, 2.05) is 18.2 Å². The number of carbonyl (C=O) groups excluding carboxylic acids is 1. The second kappa shape index (κ2) is 5.03. The van der Waals surface area contributed by atoms with Gasteiger partial charge in [0.2, 0.25) is 0 Å². The molecule has 0 heterocycles. The molecule has 0 aliphatic carbocycles. The molecule has 0 aromatic heterocycles. The monoisotopic (exact) mass is 278 g/mol. The molecule has 0 aliphatic heterocycles. The maximum atomic E-state index is 11.1. The smallest absolute Gasteiger partial charge is 0.151 e. The quantitative estimate of drug-likeness (QED) is 0.665. The number of benzene rings is 1. The van der Waals surface area contributed by atoms with Crippen molar-refractivity contribution in [2.75, 3.05) is 5.88 Å². The molecule has 0 spiro atoms. The van der Waals surface area contributed by atoms with Crippen LogP contribution in [-0.2, 0) is 11.2 Å². The van der Waals surface area contributed by atoms with Gasteiger partial charge in [0.1, 0.15) is 0 Å². The van der Waals surface area contributed by atoms with E-state index in [-0.39, 0.29) is 11.7 Å². The summed E-state index contributed by atoms with van der Waals surface area (Å²) in [6.45, 7) is 0. The first-order chi connectivity index (χ1) is 6.13. The normalized spacial score (nSPS) is 10.1. The van der Waals surface area contributed by atoms with Gasteiger partial charge in [-0.25, -0.2) is 0 Å². The summed E-state index contributed by atoms with van der Waals surface area (Å²) in [5.41, 5.74) is 0.906. The van der Waals surface area contributed by atoms with Gasteiger partial charge in [-0.05, 0) is 23.8 Å². The van der Waals surface area contributed by atoms with E-state index in [1.165, 1.54) is 0 Å². The molecule has 1 aromatic rings. The van der Waals surface area contributed by atoms with Crippen LogP contribution in [0.2, 0.25) is 0 Å². The zero-order valence-corrected chi connectivity index (χ0v) is 9.99. The Morgan fingerprint density at radius 3 is 2.85 bits per heavy atom. The van der Waals surface area contributed by atoms with Crippen LogP contribution in [-0.4, -0.2) is 11.7 Å². The van der Waals surface area contributed by atoms with Crippen LogP contribution < -0.4 is 0 Å². The first-order valence-corrected chi connectivity index (χ1v) is 5.46. The molecule has 1 aromatic carbocycles. The molecule has 0 bridgehead atoms. The minimum atomic E-state index is 0.00932. The number of Topliss-reactive ketones (excluding diaryl/α,β-unsaturated/α-hetero) is 1. The van der Waals surface area contributed by atoms with Gasteiger partial charge < -0.3 is 0 Å². The van der Waals surface area contributed by atoms with Gasteiger partial charge in [-0.3, -0.25) is 4.79 Å². The Morgan fingerprint density at radius 2 is 2.23 bits per heavy atom. The molecule has 13 heavy (non-hydrogen) atoms. The van der Waals surface area contributed by atoms with Gasteiger partial charge in [0.25, 0.3) is 0 Å². The second-order valence-electron chi connectivity index (χ2n) is 2.62. The first kappa shape index (κ1) is 11.1. The molecule has 0 unspecified atom stereocenters. The number of rotatable bonds is 3. The highest BCUT2D eigenvalue weighted by Gasteiger charge is 2.05. The van der Waals surface area contributed by atoms with Crippen LogP contribution in [0.25, 0.3) is 0 Å². The number of alkyl halides is 1. The van der Waals surface area contributed by atoms with Crippen molar-refractivity contribution in [2.45, 2.75) is 11.3 Å². The van der Waals surface area contributed by atoms with Crippen molar-refractivity contribution < 1.29 is 4.79 Å². The van der Waals surface area contributed by atoms with Crippen LogP contribution in [0.15, 0.2) is 27.6 Å². The molecule has 0 aliphatic rings. The second-order valence-corrected chi connectivity index (χ2v) is 4.29. The van der Waals surface area contributed by atoms with E-state index in [1.54, 1.807) is 0 Å². The lowest BCUT2D eigenvalue weighted by Crippen LogP contribution is -2.04. The number of hydrogen-bond acceptors (Lipinski definition) is 2. The van der Waals surface area contributed by atoms with E-state index >= 15 is 0 Å². The number of ketones is 1. The lowest BCUT2D eigenvalue weighted by Gasteiger charge is -2.03. The molecule has 0 saturated heterocycles. The van der Waals surface area contributed by atoms with Crippen LogP contribution in [0.4, 0.5) is 0 Å². The summed E-state index contributed by atoms with van der Waals surface area (Å²) in [5, 5.41) is 0. The van der Waals surface area contributed by atoms with Gasteiger partial charge in [0.15, 0.2) is 5.78 Å². The SMILES string of the molecule is O=C(CCl)Cc1cc(Br)ccc1S. The zero-order chi connectivity index (χ0) is 9.84. The van der Waals surface area contributed by atoms with Crippen molar-refractivity contribution in [3.05, 3.63) is 28.2 Å². The van der Waals surface area contributed by atoms with Crippen LogP contribution in [0.3, 0.4) is 0 Å². The third-order valence-corrected chi connectivity index (χ3v) is 2.81. The maximum absolute atomic E-state index is 11.1. The molecule has 0 fully saturated rings. The lowest BCUT2D eigenvalue weighted by atomic mass is 10.1. The summed E-state index contributed by atoms with van der Waals surface area (Å²) in [7, 11) is 0. The van der Waals surface area contributed by atoms with E-state index in [0.717, 1.165) is 14.9 Å². The molecule has 0 amide bonds. The third-order valence-electron chi connectivity index (χ3n) is 1.58. The number of hydrogen-bond donors (Lipinski definition) is 1. The van der Waals surface area contributed by atoms with Crippen molar-refractivity contribution >= 4 is 45.9 Å². The molecule has 0 radical (unpaired) electrons. The lowest BCUT2D eigenvalue weighted by molar-refractivity contribution is -0.116. The maximum Gasteiger partial charge on any atom is 0.151 e. The summed E-state index contributed by atoms with van der Waals surface area (Å²) in [6.07, 6.45) is 0.349. The fraction of sp³-hybridized carbons (Fsp3) is 0.222. The summed E-state index contributed by atoms with van der Waals surface area (Å²) >= 11 is 13.0. The average Bonchev–Trinajstić information content (AvgIpc) is 2.11. The first-order valence-electron chi connectivity index (χ1n) is 3.68. The molecular weight excluding hydrogens is 272 g/mol. The standard InChI is InChI=1S/C9H8BrClOS/c10-7-1-2-9(13)6(3-7)4-8(12)5-11/h1-3,13H,4-5H2. The van der Waals surface area contributed by atoms with E-state index < -0.39 is 0 Å². The summed E-state index contributed by atoms with van der Waals surface area (Å²) < 4.78 is 0.947. The van der Waals surface area contributed by atoms with E-state index in [9.17, 15) is 4.79 Å². The van der Waals surface area contributed by atoms with Gasteiger partial charge in [-0.1, -0.05) is 15.9 Å². The third kappa shape index (κ3) is 3.33. The van der Waals surface area contributed by atoms with Gasteiger partial charge in [-0.2, -0.15) is 0 Å². The minimum absolute atomic E-state index is 0.00932. The number of carbonyl (C=O) groups is 1. The van der Waals surface area contributed by atoms with Crippen molar-refractivity contribution in [1.82, 2.24) is 0 Å². The Bertz CT molecular complexity index is 327. The van der Waals surface area contributed by atoms with Crippen LogP contribution in [0.5, 0.6) is 0 Å². The van der Waals surface area contributed by atoms with E-state index in [0.29, 0.717) is 6.42 Å². The van der Waals surface area contributed by atoms with Crippen LogP contribution in [0.1, 0.15) is 5.56 Å². The fourth-order valence-electron chi connectivity index (χ4n) is 0.955. The highest BCUT2D eigenvalue weighted by Crippen LogP contribution is 2.20. The Kier molecular flexibility index (Phi) is 4.29. The molecule has 0 atom stereocenters. The van der Waals surface area contributed by atoms with Crippen LogP contribution in [0, 0.1) is 0 Å². The van der Waals surface area contributed by atoms with Gasteiger partial charge >= 0.3 is 0 Å². The van der Waals surface area contributed by atoms with Gasteiger partial charge in [-0.15, -0.1) is 24.2 Å². The average molecular weight is 280 g/mol. The zero-order valence-electron chi connectivity index (χ0n) is 6.76. The molecular formula is C9H8BrClOS. The van der Waals surface area contributed by atoms with E-state index in [4.69, 9.17) is 11.6 Å². The van der Waals surface area contributed by atoms with E-state index in [2.05, 4.69) is 28.6 Å². The van der Waals surface area contributed by atoms with Crippen molar-refractivity contribution in [3.8, 4) is 0 Å². The molecule has 0 N–H and O–H groups in total. The topological polar surface area (TPSA) is 17.1 Å². The molecule has 4 heteroatoms. The predicted octanol–water partition coefficient (Wildman–Crippen LogP) is 3.09. The highest BCUT2D eigenvalue weighted by atomic mass is 79.9. The van der Waals surface area contributed by atoms with Crippen molar-refractivity contribution in [3.63, 3.8) is 0 Å². The Labute approximate surface area is 96.0 Å². The molecule has 1 rings (SSSR count). The van der Waals surface area contributed by atoms with Crippen molar-refractivity contribution in [1.29, 1.82) is 0 Å². The number of halogens is 2.